The first kappa shape index (κ1) is 13.6. The van der Waals surface area contributed by atoms with E-state index in [1.807, 2.05) is 12.1 Å². The van der Waals surface area contributed by atoms with Crippen molar-refractivity contribution in [2.24, 2.45) is 0 Å². The van der Waals surface area contributed by atoms with Gasteiger partial charge in [-0.3, -0.25) is 0 Å². The zero-order valence-electron chi connectivity index (χ0n) is 11.4. The first-order chi connectivity index (χ1) is 9.04. The molecule has 0 fully saturated rings. The van der Waals surface area contributed by atoms with Crippen molar-refractivity contribution in [3.8, 4) is 0 Å². The highest BCUT2D eigenvalue weighted by Crippen LogP contribution is 2.17. The Morgan fingerprint density at radius 3 is 2.16 bits per heavy atom. The van der Waals surface area contributed by atoms with E-state index in [2.05, 4.69) is 61.7 Å². The predicted octanol–water partition coefficient (Wildman–Crippen LogP) is 4.42. The van der Waals surface area contributed by atoms with Crippen molar-refractivity contribution in [2.75, 3.05) is 10.6 Å². The monoisotopic (exact) mass is 270 g/mol. The third-order valence-corrected chi connectivity index (χ3v) is 3.15. The number of nitrogens with one attached hydrogen (secondary N) is 2. The summed E-state index contributed by atoms with van der Waals surface area (Å²) in [6.07, 6.45) is 0. The summed E-state index contributed by atoms with van der Waals surface area (Å²) in [5, 5.41) is 7.03. The van der Waals surface area contributed by atoms with E-state index in [1.165, 1.54) is 16.7 Å². The van der Waals surface area contributed by atoms with E-state index >= 15 is 0 Å². The predicted molar refractivity (Wildman–Crippen MR) is 86.9 cm³/mol. The van der Waals surface area contributed by atoms with Gasteiger partial charge in [-0.15, -0.1) is 0 Å². The summed E-state index contributed by atoms with van der Waals surface area (Å²) >= 11 is 5.33. The molecule has 0 bridgehead atoms. The quantitative estimate of drug-likeness (QED) is 0.790. The Morgan fingerprint density at radius 2 is 1.47 bits per heavy atom. The van der Waals surface area contributed by atoms with Gasteiger partial charge in [-0.1, -0.05) is 29.8 Å². The Hall–Kier alpha value is -1.87. The zero-order valence-corrected chi connectivity index (χ0v) is 12.3. The molecule has 2 aromatic rings. The molecule has 0 aliphatic carbocycles. The van der Waals surface area contributed by atoms with Crippen molar-refractivity contribution in [1.29, 1.82) is 0 Å². The summed E-state index contributed by atoms with van der Waals surface area (Å²) in [7, 11) is 0. The number of rotatable bonds is 2. The Balaban J connectivity index is 2.05. The molecule has 0 aromatic heterocycles. The second-order valence-electron chi connectivity index (χ2n) is 4.76. The first-order valence-corrected chi connectivity index (χ1v) is 6.67. The van der Waals surface area contributed by atoms with E-state index in [-0.39, 0.29) is 0 Å². The van der Waals surface area contributed by atoms with Crippen LogP contribution in [0.25, 0.3) is 0 Å². The highest BCUT2D eigenvalue weighted by molar-refractivity contribution is 7.80. The van der Waals surface area contributed by atoms with Gasteiger partial charge in [0.1, 0.15) is 0 Å². The minimum atomic E-state index is 0.609. The fraction of sp³-hybridized carbons (Fsp3) is 0.188. The van der Waals surface area contributed by atoms with Crippen molar-refractivity contribution in [2.45, 2.75) is 20.8 Å². The third kappa shape index (κ3) is 3.80. The van der Waals surface area contributed by atoms with Crippen LogP contribution in [0.3, 0.4) is 0 Å². The summed E-state index contributed by atoms with van der Waals surface area (Å²) in [6.45, 7) is 6.20. The average molecular weight is 270 g/mol. The lowest BCUT2D eigenvalue weighted by atomic mass is 10.1. The van der Waals surface area contributed by atoms with Gasteiger partial charge in [0, 0.05) is 11.4 Å². The van der Waals surface area contributed by atoms with Crippen LogP contribution in [-0.4, -0.2) is 5.11 Å². The van der Waals surface area contributed by atoms with E-state index < -0.39 is 0 Å². The molecule has 0 radical (unpaired) electrons. The Morgan fingerprint density at radius 1 is 0.842 bits per heavy atom. The van der Waals surface area contributed by atoms with Gasteiger partial charge in [-0.2, -0.15) is 0 Å². The smallest absolute Gasteiger partial charge is 0.175 e. The molecule has 98 valence electrons. The van der Waals surface area contributed by atoms with Crippen molar-refractivity contribution in [1.82, 2.24) is 0 Å². The van der Waals surface area contributed by atoms with E-state index in [9.17, 15) is 0 Å². The summed E-state index contributed by atoms with van der Waals surface area (Å²) < 4.78 is 0. The molecule has 0 unspecified atom stereocenters. The molecule has 0 saturated heterocycles. The fourth-order valence-corrected chi connectivity index (χ4v) is 2.02. The molecule has 0 aliphatic rings. The number of benzene rings is 2. The molecule has 2 nitrogen and oxygen atoms in total. The van der Waals surface area contributed by atoms with Gasteiger partial charge in [0.05, 0.1) is 0 Å². The topological polar surface area (TPSA) is 24.1 Å². The summed E-state index contributed by atoms with van der Waals surface area (Å²) in [4.78, 5) is 0. The Kier molecular flexibility index (Phi) is 4.17. The molecule has 2 rings (SSSR count). The number of hydrogen-bond donors (Lipinski definition) is 2. The molecule has 0 amide bonds. The van der Waals surface area contributed by atoms with Crippen LogP contribution in [0.2, 0.25) is 0 Å². The normalized spacial score (nSPS) is 10.1. The molecule has 0 aliphatic heterocycles. The highest BCUT2D eigenvalue weighted by atomic mass is 32.1. The van der Waals surface area contributed by atoms with Gasteiger partial charge in [0.2, 0.25) is 0 Å². The van der Waals surface area contributed by atoms with Gasteiger partial charge in [-0.05, 0) is 62.3 Å². The van der Waals surface area contributed by atoms with Crippen molar-refractivity contribution < 1.29 is 0 Å². The van der Waals surface area contributed by atoms with Crippen molar-refractivity contribution in [3.63, 3.8) is 0 Å². The lowest BCUT2D eigenvalue weighted by Crippen LogP contribution is -2.19. The SMILES string of the molecule is Cc1ccc(NC(=S)Nc2cc(C)ccc2C)cc1. The minimum Gasteiger partial charge on any atom is -0.332 e. The van der Waals surface area contributed by atoms with Crippen LogP contribution in [0.5, 0.6) is 0 Å². The fourth-order valence-electron chi connectivity index (χ4n) is 1.79. The van der Waals surface area contributed by atoms with Crippen LogP contribution in [0.4, 0.5) is 11.4 Å². The number of aryl methyl sites for hydroxylation is 3. The standard InChI is InChI=1S/C16H18N2S/c1-11-5-8-14(9-6-11)17-16(19)18-15-10-12(2)4-7-13(15)3/h4-10H,1-3H3,(H2,17,18,19). The van der Waals surface area contributed by atoms with Crippen molar-refractivity contribution >= 4 is 28.7 Å². The average Bonchev–Trinajstić information content (AvgIpc) is 2.37. The highest BCUT2D eigenvalue weighted by Gasteiger charge is 2.02. The summed E-state index contributed by atoms with van der Waals surface area (Å²) in [5.74, 6) is 0. The summed E-state index contributed by atoms with van der Waals surface area (Å²) in [5.41, 5.74) is 5.67. The Bertz CT molecular complexity index is 588. The third-order valence-electron chi connectivity index (χ3n) is 2.95. The van der Waals surface area contributed by atoms with Crippen LogP contribution in [0.15, 0.2) is 42.5 Å². The second kappa shape index (κ2) is 5.85. The van der Waals surface area contributed by atoms with Gasteiger partial charge in [-0.25, -0.2) is 0 Å². The van der Waals surface area contributed by atoms with Crippen LogP contribution in [0, 0.1) is 20.8 Å². The van der Waals surface area contributed by atoms with Crippen molar-refractivity contribution in [3.05, 3.63) is 59.2 Å². The molecule has 2 aromatic carbocycles. The van der Waals surface area contributed by atoms with Gasteiger partial charge in [0.15, 0.2) is 5.11 Å². The number of thiocarbonyl (C=S) groups is 1. The van der Waals surface area contributed by atoms with Crippen LogP contribution >= 0.6 is 12.2 Å². The molecule has 0 heterocycles. The molecule has 0 spiro atoms. The maximum Gasteiger partial charge on any atom is 0.175 e. The molecule has 2 N–H and O–H groups in total. The largest absolute Gasteiger partial charge is 0.332 e. The summed E-state index contributed by atoms with van der Waals surface area (Å²) in [6, 6.07) is 14.4. The number of anilines is 2. The molecule has 0 atom stereocenters. The van der Waals surface area contributed by atoms with Gasteiger partial charge >= 0.3 is 0 Å². The lowest BCUT2D eigenvalue weighted by Gasteiger charge is -2.13. The molecular weight excluding hydrogens is 252 g/mol. The minimum absolute atomic E-state index is 0.609. The molecule has 0 saturated carbocycles. The lowest BCUT2D eigenvalue weighted by molar-refractivity contribution is 1.39. The van der Waals surface area contributed by atoms with Crippen LogP contribution < -0.4 is 10.6 Å². The van der Waals surface area contributed by atoms with E-state index in [0.717, 1.165) is 11.4 Å². The maximum absolute atomic E-state index is 5.33. The van der Waals surface area contributed by atoms with Gasteiger partial charge in [0.25, 0.3) is 0 Å². The van der Waals surface area contributed by atoms with E-state index in [0.29, 0.717) is 5.11 Å². The zero-order chi connectivity index (χ0) is 13.8. The molecule has 3 heteroatoms. The second-order valence-corrected chi connectivity index (χ2v) is 5.17. The molecular formula is C16H18N2S. The van der Waals surface area contributed by atoms with Crippen LogP contribution in [0.1, 0.15) is 16.7 Å². The van der Waals surface area contributed by atoms with E-state index in [1.54, 1.807) is 0 Å². The van der Waals surface area contributed by atoms with Crippen LogP contribution in [-0.2, 0) is 0 Å². The van der Waals surface area contributed by atoms with E-state index in [4.69, 9.17) is 12.2 Å². The number of hydrogen-bond acceptors (Lipinski definition) is 1. The van der Waals surface area contributed by atoms with Gasteiger partial charge < -0.3 is 10.6 Å². The Labute approximate surface area is 119 Å². The molecule has 19 heavy (non-hydrogen) atoms. The maximum atomic E-state index is 5.33. The first-order valence-electron chi connectivity index (χ1n) is 6.26.